The Bertz CT molecular complexity index is 733. The first-order valence-electron chi connectivity index (χ1n) is 9.96. The number of hydrogen-bond donors (Lipinski definition) is 1. The topological polar surface area (TPSA) is 91.3 Å². The highest BCUT2D eigenvalue weighted by Crippen LogP contribution is 2.49. The lowest BCUT2D eigenvalue weighted by atomic mass is 9.60. The van der Waals surface area contributed by atoms with Crippen molar-refractivity contribution in [3.05, 3.63) is 35.4 Å². The highest BCUT2D eigenvalue weighted by atomic mass is 16.7. The normalized spacial score (nSPS) is 23.0. The van der Waals surface area contributed by atoms with Crippen LogP contribution in [0.5, 0.6) is 5.75 Å². The summed E-state index contributed by atoms with van der Waals surface area (Å²) in [6, 6.07) is 5.16. The summed E-state index contributed by atoms with van der Waals surface area (Å²) >= 11 is 0. The zero-order valence-corrected chi connectivity index (χ0v) is 16.6. The number of carbonyl (C=O) groups excluding carboxylic acids is 2. The summed E-state index contributed by atoms with van der Waals surface area (Å²) in [7, 11) is 0. The molecule has 0 bridgehead atoms. The van der Waals surface area contributed by atoms with Gasteiger partial charge in [0.1, 0.15) is 6.42 Å². The minimum absolute atomic E-state index is 0.158. The van der Waals surface area contributed by atoms with Crippen molar-refractivity contribution in [1.82, 2.24) is 0 Å². The number of carbonyl (C=O) groups is 2. The molecular weight excluding hydrogens is 363 g/mol. The maximum Gasteiger partial charge on any atom is 0.480 e. The SMILES string of the molecule is CC[C+]1C[C@H]2Cc3cccc(C(=O)OCOC(=O)C(CC)CC)c3O[B-]2(O)O1. The van der Waals surface area contributed by atoms with Gasteiger partial charge in [-0.15, -0.1) is 0 Å². The molecule has 1 aromatic rings. The van der Waals surface area contributed by atoms with Crippen molar-refractivity contribution in [1.29, 1.82) is 0 Å². The van der Waals surface area contributed by atoms with Crippen molar-refractivity contribution in [3.8, 4) is 5.75 Å². The smallest absolute Gasteiger partial charge is 0.480 e. The van der Waals surface area contributed by atoms with Gasteiger partial charge in [0.15, 0.2) is 6.10 Å². The minimum atomic E-state index is -2.51. The van der Waals surface area contributed by atoms with Crippen molar-refractivity contribution in [2.45, 2.75) is 58.7 Å². The molecule has 1 N–H and O–H groups in total. The van der Waals surface area contributed by atoms with E-state index in [0.717, 1.165) is 11.7 Å². The Morgan fingerprint density at radius 1 is 1.29 bits per heavy atom. The van der Waals surface area contributed by atoms with E-state index in [2.05, 4.69) is 0 Å². The fraction of sp³-hybridized carbons (Fsp3) is 0.550. The van der Waals surface area contributed by atoms with Crippen molar-refractivity contribution >= 4 is 18.7 Å². The van der Waals surface area contributed by atoms with Gasteiger partial charge in [0.25, 0.3) is 0 Å². The van der Waals surface area contributed by atoms with Gasteiger partial charge in [-0.05, 0) is 43.6 Å². The van der Waals surface area contributed by atoms with E-state index in [9.17, 15) is 14.6 Å². The second-order valence-corrected chi connectivity index (χ2v) is 7.34. The third-order valence-corrected chi connectivity index (χ3v) is 5.61. The number of hydrogen-bond acceptors (Lipinski definition) is 7. The average Bonchev–Trinajstić information content (AvgIpc) is 3.01. The van der Waals surface area contributed by atoms with Gasteiger partial charge in [-0.1, -0.05) is 26.0 Å². The zero-order chi connectivity index (χ0) is 20.3. The summed E-state index contributed by atoms with van der Waals surface area (Å²) in [5, 5.41) is 10.8. The lowest BCUT2D eigenvalue weighted by Gasteiger charge is -2.39. The van der Waals surface area contributed by atoms with Crippen LogP contribution in [-0.2, 0) is 25.3 Å². The summed E-state index contributed by atoms with van der Waals surface area (Å²) in [6.45, 7) is 2.80. The Hall–Kier alpha value is -2.19. The summed E-state index contributed by atoms with van der Waals surface area (Å²) < 4.78 is 21.6. The third kappa shape index (κ3) is 3.98. The van der Waals surface area contributed by atoms with Gasteiger partial charge in [0.05, 0.1) is 23.7 Å². The van der Waals surface area contributed by atoms with Crippen molar-refractivity contribution in [2.24, 2.45) is 5.92 Å². The van der Waals surface area contributed by atoms with Crippen LogP contribution in [-0.4, -0.2) is 30.5 Å². The molecule has 0 amide bonds. The van der Waals surface area contributed by atoms with Crippen molar-refractivity contribution in [3.63, 3.8) is 0 Å². The molecule has 3 rings (SSSR count). The van der Waals surface area contributed by atoms with E-state index in [0.29, 0.717) is 32.1 Å². The highest BCUT2D eigenvalue weighted by Gasteiger charge is 2.55. The summed E-state index contributed by atoms with van der Waals surface area (Å²) in [6.07, 6.45) is 4.05. The Morgan fingerprint density at radius 3 is 2.71 bits per heavy atom. The number of esters is 2. The van der Waals surface area contributed by atoms with E-state index in [-0.39, 0.29) is 29.0 Å². The van der Waals surface area contributed by atoms with E-state index < -0.39 is 19.5 Å². The molecule has 1 aromatic carbocycles. The summed E-state index contributed by atoms with van der Waals surface area (Å²) in [5.74, 6) is -1.15. The number of para-hydroxylation sites is 1. The minimum Gasteiger partial charge on any atom is -0.667 e. The maximum atomic E-state index is 12.5. The predicted molar refractivity (Wildman–Crippen MR) is 102 cm³/mol. The van der Waals surface area contributed by atoms with E-state index in [4.69, 9.17) is 18.8 Å². The number of ether oxygens (including phenoxy) is 2. The Kier molecular flexibility index (Phi) is 6.20. The van der Waals surface area contributed by atoms with Gasteiger partial charge in [0, 0.05) is 0 Å². The van der Waals surface area contributed by atoms with Gasteiger partial charge in [-0.25, -0.2) is 4.79 Å². The molecule has 0 radical (unpaired) electrons. The summed E-state index contributed by atoms with van der Waals surface area (Å²) in [4.78, 5) is 24.4. The fourth-order valence-corrected chi connectivity index (χ4v) is 3.85. The maximum absolute atomic E-state index is 12.5. The lowest BCUT2D eigenvalue weighted by molar-refractivity contribution is -0.157. The second kappa shape index (κ2) is 8.45. The molecule has 1 saturated heterocycles. The van der Waals surface area contributed by atoms with Crippen LogP contribution in [0.25, 0.3) is 0 Å². The van der Waals surface area contributed by atoms with Gasteiger partial charge in [0.2, 0.25) is 6.79 Å². The average molecular weight is 390 g/mol. The molecular formula is C20H27BO7. The molecule has 2 heterocycles. The molecule has 0 aliphatic carbocycles. The largest absolute Gasteiger partial charge is 0.667 e. The molecule has 2 aliphatic rings. The van der Waals surface area contributed by atoms with Crippen LogP contribution in [0, 0.1) is 12.0 Å². The van der Waals surface area contributed by atoms with Gasteiger partial charge in [-0.3, -0.25) is 4.79 Å². The van der Waals surface area contributed by atoms with E-state index in [1.807, 2.05) is 26.8 Å². The van der Waals surface area contributed by atoms with Crippen LogP contribution in [0.4, 0.5) is 0 Å². The molecule has 2 atom stereocenters. The van der Waals surface area contributed by atoms with Crippen LogP contribution in [0.2, 0.25) is 5.82 Å². The molecule has 2 aliphatic heterocycles. The van der Waals surface area contributed by atoms with Crippen LogP contribution in [0.3, 0.4) is 0 Å². The second-order valence-electron chi connectivity index (χ2n) is 7.34. The Labute approximate surface area is 165 Å². The molecule has 1 unspecified atom stereocenters. The quantitative estimate of drug-likeness (QED) is 0.330. The van der Waals surface area contributed by atoms with Crippen molar-refractivity contribution < 1.29 is 33.4 Å². The van der Waals surface area contributed by atoms with E-state index >= 15 is 0 Å². The Morgan fingerprint density at radius 2 is 2.04 bits per heavy atom. The van der Waals surface area contributed by atoms with Crippen LogP contribution in [0.15, 0.2) is 18.2 Å². The van der Waals surface area contributed by atoms with Crippen LogP contribution >= 0.6 is 0 Å². The lowest BCUT2D eigenvalue weighted by Crippen LogP contribution is -2.49. The fourth-order valence-electron chi connectivity index (χ4n) is 3.85. The standard InChI is InChI=1S/C20H27BO7/c1-4-13(5-2)19(22)25-12-26-20(23)17-9-7-8-14-10-15-11-16(6-3)27-21(15,24)28-18(14)17/h7-9,13,15,24H,4-6,10-12H2,1-3H3/t15-,21?/m1/s1. The van der Waals surface area contributed by atoms with Gasteiger partial charge >= 0.3 is 18.7 Å². The summed E-state index contributed by atoms with van der Waals surface area (Å²) in [5.41, 5.74) is 0.999. The monoisotopic (exact) mass is 390 g/mol. The first kappa shape index (κ1) is 20.5. The van der Waals surface area contributed by atoms with Crippen LogP contribution in [0.1, 0.15) is 62.4 Å². The predicted octanol–water partition coefficient (Wildman–Crippen LogP) is 3.38. The molecule has 7 nitrogen and oxygen atoms in total. The molecule has 0 saturated carbocycles. The Balaban J connectivity index is 1.68. The molecule has 1 fully saturated rings. The van der Waals surface area contributed by atoms with Crippen molar-refractivity contribution in [2.75, 3.05) is 6.79 Å². The van der Waals surface area contributed by atoms with Gasteiger partial charge < -0.3 is 23.8 Å². The molecule has 0 aromatic heterocycles. The third-order valence-electron chi connectivity index (χ3n) is 5.61. The molecule has 28 heavy (non-hydrogen) atoms. The first-order chi connectivity index (χ1) is 13.4. The molecule has 152 valence electrons. The number of benzene rings is 1. The highest BCUT2D eigenvalue weighted by molar-refractivity contribution is 6.63. The van der Waals surface area contributed by atoms with E-state index in [1.54, 1.807) is 12.1 Å². The first-order valence-corrected chi connectivity index (χ1v) is 9.96. The number of fused-ring (bicyclic) bond motifs is 2. The number of rotatable bonds is 7. The van der Waals surface area contributed by atoms with Crippen LogP contribution < -0.4 is 4.65 Å². The molecule has 0 spiro atoms. The van der Waals surface area contributed by atoms with E-state index in [1.165, 1.54) is 0 Å². The zero-order valence-electron chi connectivity index (χ0n) is 16.6. The molecule has 8 heteroatoms. The van der Waals surface area contributed by atoms with Gasteiger partial charge in [-0.2, -0.15) is 0 Å².